The standard InChI is InChI=1S/C12H13N3O2/c1-9-7-11(14-17-9)12(16)13-8-10-3-5-15(2)6-4-10/h3-7H,8H2,1-2H3/p+1. The van der Waals surface area contributed by atoms with Crippen LogP contribution < -0.4 is 9.88 Å². The van der Waals surface area contributed by atoms with Gasteiger partial charge in [-0.25, -0.2) is 4.57 Å². The number of carbonyl (C=O) groups is 1. The number of aryl methyl sites for hydroxylation is 2. The Hall–Kier alpha value is -2.17. The Labute approximate surface area is 99.1 Å². The summed E-state index contributed by atoms with van der Waals surface area (Å²) >= 11 is 0. The van der Waals surface area contributed by atoms with Gasteiger partial charge in [0.25, 0.3) is 5.91 Å². The van der Waals surface area contributed by atoms with Crippen LogP contribution in [0.3, 0.4) is 0 Å². The minimum Gasteiger partial charge on any atom is -0.361 e. The summed E-state index contributed by atoms with van der Waals surface area (Å²) in [5.74, 6) is 0.400. The Morgan fingerprint density at radius 2 is 2.18 bits per heavy atom. The van der Waals surface area contributed by atoms with Gasteiger partial charge in [0.05, 0.1) is 0 Å². The molecule has 0 spiro atoms. The smallest absolute Gasteiger partial charge is 0.273 e. The lowest BCUT2D eigenvalue weighted by atomic mass is 10.2. The fourth-order valence-corrected chi connectivity index (χ4v) is 1.40. The van der Waals surface area contributed by atoms with Crippen molar-refractivity contribution in [1.29, 1.82) is 0 Å². The molecule has 0 aliphatic rings. The highest BCUT2D eigenvalue weighted by Crippen LogP contribution is 2.02. The molecule has 5 nitrogen and oxygen atoms in total. The van der Waals surface area contributed by atoms with E-state index in [1.165, 1.54) is 0 Å². The Morgan fingerprint density at radius 3 is 2.76 bits per heavy atom. The van der Waals surface area contributed by atoms with E-state index >= 15 is 0 Å². The lowest BCUT2D eigenvalue weighted by molar-refractivity contribution is -0.671. The van der Waals surface area contributed by atoms with Gasteiger partial charge < -0.3 is 9.84 Å². The number of hydrogen-bond acceptors (Lipinski definition) is 3. The van der Waals surface area contributed by atoms with Crippen LogP contribution in [0.5, 0.6) is 0 Å². The molecule has 0 bridgehead atoms. The van der Waals surface area contributed by atoms with Crippen molar-refractivity contribution in [2.45, 2.75) is 13.5 Å². The van der Waals surface area contributed by atoms with Crippen LogP contribution in [0.25, 0.3) is 0 Å². The number of carbonyl (C=O) groups excluding carboxylic acids is 1. The van der Waals surface area contributed by atoms with Gasteiger partial charge in [0.15, 0.2) is 18.1 Å². The van der Waals surface area contributed by atoms with E-state index in [9.17, 15) is 4.79 Å². The van der Waals surface area contributed by atoms with Crippen LogP contribution in [0.15, 0.2) is 35.1 Å². The first kappa shape index (κ1) is 11.3. The molecule has 0 aliphatic heterocycles. The number of nitrogens with zero attached hydrogens (tertiary/aromatic N) is 2. The molecule has 2 aromatic rings. The lowest BCUT2D eigenvalue weighted by Gasteiger charge is -2.01. The third-order valence-electron chi connectivity index (χ3n) is 2.36. The molecule has 0 saturated heterocycles. The van der Waals surface area contributed by atoms with Crippen molar-refractivity contribution in [1.82, 2.24) is 10.5 Å². The van der Waals surface area contributed by atoms with Crippen molar-refractivity contribution in [2.75, 3.05) is 0 Å². The van der Waals surface area contributed by atoms with Gasteiger partial charge in [-0.2, -0.15) is 0 Å². The first-order valence-corrected chi connectivity index (χ1v) is 5.31. The second-order valence-electron chi connectivity index (χ2n) is 3.88. The highest BCUT2D eigenvalue weighted by molar-refractivity contribution is 5.92. The molecule has 0 fully saturated rings. The maximum Gasteiger partial charge on any atom is 0.273 e. The molecule has 2 rings (SSSR count). The number of pyridine rings is 1. The first-order chi connectivity index (χ1) is 8.15. The van der Waals surface area contributed by atoms with Gasteiger partial charge in [-0.15, -0.1) is 0 Å². The number of hydrogen-bond donors (Lipinski definition) is 1. The molecule has 0 aromatic carbocycles. The van der Waals surface area contributed by atoms with Crippen LogP contribution in [0.4, 0.5) is 0 Å². The van der Waals surface area contributed by atoms with Gasteiger partial charge >= 0.3 is 0 Å². The van der Waals surface area contributed by atoms with E-state index in [4.69, 9.17) is 4.52 Å². The zero-order valence-electron chi connectivity index (χ0n) is 9.80. The Morgan fingerprint density at radius 1 is 1.47 bits per heavy atom. The number of rotatable bonds is 3. The van der Waals surface area contributed by atoms with Gasteiger partial charge in [-0.05, 0) is 12.5 Å². The zero-order valence-corrected chi connectivity index (χ0v) is 9.80. The van der Waals surface area contributed by atoms with Crippen LogP contribution in [0, 0.1) is 6.92 Å². The summed E-state index contributed by atoms with van der Waals surface area (Å²) in [6.07, 6.45) is 3.86. The molecule has 0 saturated carbocycles. The average Bonchev–Trinajstić information content (AvgIpc) is 2.75. The highest BCUT2D eigenvalue weighted by atomic mass is 16.5. The van der Waals surface area contributed by atoms with E-state index in [0.717, 1.165) is 5.56 Å². The first-order valence-electron chi connectivity index (χ1n) is 5.31. The van der Waals surface area contributed by atoms with Crippen molar-refractivity contribution in [2.24, 2.45) is 7.05 Å². The second kappa shape index (κ2) is 4.78. The lowest BCUT2D eigenvalue weighted by Crippen LogP contribution is -2.27. The Bertz CT molecular complexity index is 517. The molecular weight excluding hydrogens is 218 g/mol. The fourth-order valence-electron chi connectivity index (χ4n) is 1.40. The third-order valence-corrected chi connectivity index (χ3v) is 2.36. The summed E-state index contributed by atoms with van der Waals surface area (Å²) in [6.45, 7) is 2.23. The molecule has 88 valence electrons. The molecular formula is C12H14N3O2+. The molecule has 1 amide bonds. The molecule has 0 unspecified atom stereocenters. The quantitative estimate of drug-likeness (QED) is 0.794. The molecule has 0 atom stereocenters. The Kier molecular flexibility index (Phi) is 3.18. The molecule has 2 aromatic heterocycles. The van der Waals surface area contributed by atoms with E-state index in [1.807, 2.05) is 36.1 Å². The minimum absolute atomic E-state index is 0.227. The topological polar surface area (TPSA) is 59.0 Å². The Balaban J connectivity index is 1.94. The van der Waals surface area contributed by atoms with Crippen molar-refractivity contribution < 1.29 is 13.9 Å². The minimum atomic E-state index is -0.227. The van der Waals surface area contributed by atoms with E-state index < -0.39 is 0 Å². The van der Waals surface area contributed by atoms with Gasteiger partial charge in [-0.3, -0.25) is 4.79 Å². The summed E-state index contributed by atoms with van der Waals surface area (Å²) < 4.78 is 6.78. The third kappa shape index (κ3) is 2.90. The van der Waals surface area contributed by atoms with E-state index in [1.54, 1.807) is 13.0 Å². The number of nitrogens with one attached hydrogen (secondary N) is 1. The van der Waals surface area contributed by atoms with Crippen LogP contribution in [-0.4, -0.2) is 11.1 Å². The molecule has 0 aliphatic carbocycles. The maximum absolute atomic E-state index is 11.7. The van der Waals surface area contributed by atoms with E-state index in [0.29, 0.717) is 18.0 Å². The summed E-state index contributed by atoms with van der Waals surface area (Å²) in [5.41, 5.74) is 1.35. The van der Waals surface area contributed by atoms with Crippen LogP contribution in [0.1, 0.15) is 21.8 Å². The number of amides is 1. The number of aromatic nitrogens is 2. The predicted octanol–water partition coefficient (Wildman–Crippen LogP) is 0.738. The normalized spacial score (nSPS) is 10.2. The van der Waals surface area contributed by atoms with E-state index in [2.05, 4.69) is 10.5 Å². The highest BCUT2D eigenvalue weighted by Gasteiger charge is 2.10. The maximum atomic E-state index is 11.7. The molecule has 2 heterocycles. The second-order valence-corrected chi connectivity index (χ2v) is 3.88. The molecule has 17 heavy (non-hydrogen) atoms. The van der Waals surface area contributed by atoms with Gasteiger partial charge in [-0.1, -0.05) is 5.16 Å². The molecule has 1 N–H and O–H groups in total. The van der Waals surface area contributed by atoms with E-state index in [-0.39, 0.29) is 5.91 Å². The fraction of sp³-hybridized carbons (Fsp3) is 0.250. The molecule has 0 radical (unpaired) electrons. The van der Waals surface area contributed by atoms with Crippen molar-refractivity contribution in [3.05, 3.63) is 47.6 Å². The average molecular weight is 232 g/mol. The zero-order chi connectivity index (χ0) is 12.3. The summed E-state index contributed by atoms with van der Waals surface area (Å²) in [6, 6.07) is 5.52. The predicted molar refractivity (Wildman–Crippen MR) is 60.0 cm³/mol. The van der Waals surface area contributed by atoms with Crippen LogP contribution in [-0.2, 0) is 13.6 Å². The van der Waals surface area contributed by atoms with Crippen LogP contribution in [0.2, 0.25) is 0 Å². The SMILES string of the molecule is Cc1cc(C(=O)NCc2cc[n+](C)cc2)no1. The summed E-state index contributed by atoms with van der Waals surface area (Å²) in [5, 5.41) is 6.43. The van der Waals surface area contributed by atoms with Gasteiger partial charge in [0, 0.05) is 24.7 Å². The summed E-state index contributed by atoms with van der Waals surface area (Å²) in [4.78, 5) is 11.7. The monoisotopic (exact) mass is 232 g/mol. The summed E-state index contributed by atoms with van der Waals surface area (Å²) in [7, 11) is 1.94. The molecule has 5 heteroatoms. The largest absolute Gasteiger partial charge is 0.361 e. The van der Waals surface area contributed by atoms with Gasteiger partial charge in [0.1, 0.15) is 12.8 Å². The van der Waals surface area contributed by atoms with Gasteiger partial charge in [0.2, 0.25) is 0 Å². The van der Waals surface area contributed by atoms with Crippen molar-refractivity contribution >= 4 is 5.91 Å². The van der Waals surface area contributed by atoms with Crippen molar-refractivity contribution in [3.63, 3.8) is 0 Å². The van der Waals surface area contributed by atoms with Crippen LogP contribution >= 0.6 is 0 Å². The van der Waals surface area contributed by atoms with Crippen molar-refractivity contribution in [3.8, 4) is 0 Å².